The molecular formula is C48H61Cl2N9O4. The Labute approximate surface area is 382 Å². The molecule has 8 N–H and O–H groups in total. The number of nitrogens with zero attached hydrogens (tertiary/aromatic N) is 4. The van der Waals surface area contributed by atoms with Gasteiger partial charge in [0, 0.05) is 23.7 Å². The fourth-order valence-electron chi connectivity index (χ4n) is 7.38. The van der Waals surface area contributed by atoms with Crippen LogP contribution in [0.15, 0.2) is 114 Å². The Morgan fingerprint density at radius 3 is 2.02 bits per heavy atom. The monoisotopic (exact) mass is 897 g/mol. The summed E-state index contributed by atoms with van der Waals surface area (Å²) in [6, 6.07) is 33.2. The van der Waals surface area contributed by atoms with Crippen LogP contribution in [0.5, 0.6) is 11.5 Å². The Kier molecular flexibility index (Phi) is 20.0. The number of hydrogen-bond acceptors (Lipinski definition) is 8. The largest absolute Gasteiger partial charge is 0.493 e. The Hall–Kier alpha value is -5.89. The van der Waals surface area contributed by atoms with Crippen LogP contribution in [0.1, 0.15) is 63.6 Å². The van der Waals surface area contributed by atoms with Crippen molar-refractivity contribution in [3.8, 4) is 22.6 Å². The van der Waals surface area contributed by atoms with Gasteiger partial charge in [-0.05, 0) is 83.8 Å². The van der Waals surface area contributed by atoms with Crippen LogP contribution in [-0.2, 0) is 29.2 Å². The fourth-order valence-corrected chi connectivity index (χ4v) is 7.38. The van der Waals surface area contributed by atoms with Crippen molar-refractivity contribution in [1.29, 1.82) is 0 Å². The summed E-state index contributed by atoms with van der Waals surface area (Å²) in [7, 11) is 0. The van der Waals surface area contributed by atoms with Crippen molar-refractivity contribution < 1.29 is 19.1 Å². The highest BCUT2D eigenvalue weighted by Gasteiger charge is 2.25. The summed E-state index contributed by atoms with van der Waals surface area (Å²) >= 11 is 0. The predicted octanol–water partition coefficient (Wildman–Crippen LogP) is 7.49. The van der Waals surface area contributed by atoms with Gasteiger partial charge in [0.05, 0.1) is 25.8 Å². The van der Waals surface area contributed by atoms with E-state index in [1.54, 1.807) is 4.68 Å². The molecule has 1 heterocycles. The second kappa shape index (κ2) is 25.3. The van der Waals surface area contributed by atoms with Crippen molar-refractivity contribution in [2.45, 2.75) is 84.0 Å². The molecule has 0 aliphatic carbocycles. The number of benzene rings is 5. The molecule has 0 radical (unpaired) electrons. The van der Waals surface area contributed by atoms with E-state index in [4.69, 9.17) is 26.7 Å². The van der Waals surface area contributed by atoms with E-state index in [-0.39, 0.29) is 61.7 Å². The molecule has 15 heteroatoms. The third kappa shape index (κ3) is 14.6. The molecule has 0 fully saturated rings. The average molecular weight is 899 g/mol. The van der Waals surface area contributed by atoms with E-state index in [1.807, 2.05) is 60.8 Å². The van der Waals surface area contributed by atoms with Crippen LogP contribution in [-0.4, -0.2) is 64.5 Å². The molecule has 2 amide bonds. The van der Waals surface area contributed by atoms with Gasteiger partial charge >= 0.3 is 0 Å². The Morgan fingerprint density at radius 2 is 1.38 bits per heavy atom. The third-order valence-corrected chi connectivity index (χ3v) is 10.5. The molecule has 6 aromatic rings. The molecule has 63 heavy (non-hydrogen) atoms. The highest BCUT2D eigenvalue weighted by molar-refractivity contribution is 6.09. The summed E-state index contributed by atoms with van der Waals surface area (Å²) in [5.41, 5.74) is 20.3. The summed E-state index contributed by atoms with van der Waals surface area (Å²) in [6.45, 7) is 6.38. The van der Waals surface area contributed by atoms with Gasteiger partial charge in [0.15, 0.2) is 5.96 Å². The van der Waals surface area contributed by atoms with Gasteiger partial charge in [0.25, 0.3) is 0 Å². The SMILES string of the molecule is CC(C)CCOc1ccc2ccccc2c1-c1c(OCc2cn(C[C@@H](CCCCN)NC(=O)[C@@H](CCCN=C(N)N)NC(=O)Cc3ccccc3)nn2)ccc2ccccc12.Cl.Cl. The Morgan fingerprint density at radius 1 is 0.746 bits per heavy atom. The number of nitrogens with two attached hydrogens (primary N) is 3. The smallest absolute Gasteiger partial charge is 0.242 e. The minimum atomic E-state index is -0.791. The number of unbranched alkanes of at least 4 members (excludes halogenated alkanes) is 1. The maximum Gasteiger partial charge on any atom is 0.242 e. The topological polar surface area (TPSA) is 198 Å². The van der Waals surface area contributed by atoms with E-state index in [2.05, 4.69) is 88.3 Å². The van der Waals surface area contributed by atoms with Crippen molar-refractivity contribution in [3.05, 3.63) is 121 Å². The van der Waals surface area contributed by atoms with Crippen molar-refractivity contribution in [1.82, 2.24) is 25.6 Å². The highest BCUT2D eigenvalue weighted by Crippen LogP contribution is 2.45. The maximum atomic E-state index is 13.9. The van der Waals surface area contributed by atoms with Gasteiger partial charge in [-0.25, -0.2) is 0 Å². The summed E-state index contributed by atoms with van der Waals surface area (Å²) in [6.07, 6.45) is 6.03. The third-order valence-electron chi connectivity index (χ3n) is 10.5. The molecule has 0 saturated heterocycles. The van der Waals surface area contributed by atoms with Crippen LogP contribution in [0.25, 0.3) is 32.7 Å². The molecule has 1 aromatic heterocycles. The van der Waals surface area contributed by atoms with Crippen LogP contribution >= 0.6 is 24.8 Å². The minimum absolute atomic E-state index is 0. The first-order valence-electron chi connectivity index (χ1n) is 21.3. The first kappa shape index (κ1) is 49.8. The number of nitrogens with one attached hydrogen (secondary N) is 2. The first-order valence-corrected chi connectivity index (χ1v) is 21.3. The van der Waals surface area contributed by atoms with Crippen LogP contribution in [0.2, 0.25) is 0 Å². The van der Waals surface area contributed by atoms with Gasteiger partial charge in [0.2, 0.25) is 11.8 Å². The second-order valence-electron chi connectivity index (χ2n) is 15.8. The minimum Gasteiger partial charge on any atom is -0.493 e. The number of guanidine groups is 1. The zero-order chi connectivity index (χ0) is 43.0. The molecule has 0 saturated carbocycles. The van der Waals surface area contributed by atoms with Crippen LogP contribution in [0.4, 0.5) is 0 Å². The standard InChI is InChI=1S/C48H59N9O4.2ClH/c1-33(2)25-28-60-42-23-21-35-15-6-8-18-39(35)45(42)46-40-19-9-7-16-36(40)22-24-43(46)61-32-38-31-57(56-55-38)30-37(17-10-11-26-49)53-47(59)41(20-12-27-52-48(50)51)54-44(58)29-34-13-4-3-5-14-34;;/h3-9,13-16,18-19,21-24,31,33,37,41H,10-12,17,20,25-30,32,49H2,1-2H3,(H,53,59)(H,54,58)(H4,50,51,52);2*1H/t37-,41-;;/m1../s1. The number of amides is 2. The summed E-state index contributed by atoms with van der Waals surface area (Å²) in [5.74, 6) is 1.45. The fraction of sp³-hybridized carbons (Fsp3) is 0.354. The van der Waals surface area contributed by atoms with E-state index in [0.29, 0.717) is 62.9 Å². The number of halogens is 2. The number of carbonyl (C=O) groups excluding carboxylic acids is 2. The summed E-state index contributed by atoms with van der Waals surface area (Å²) in [4.78, 5) is 31.0. The van der Waals surface area contributed by atoms with Crippen LogP contribution in [0, 0.1) is 5.92 Å². The van der Waals surface area contributed by atoms with Crippen molar-refractivity contribution in [3.63, 3.8) is 0 Å². The molecule has 5 aromatic carbocycles. The summed E-state index contributed by atoms with van der Waals surface area (Å²) in [5, 5.41) is 19.4. The molecule has 0 bridgehead atoms. The van der Waals surface area contributed by atoms with E-state index in [1.165, 1.54) is 0 Å². The van der Waals surface area contributed by atoms with Gasteiger partial charge < -0.3 is 37.3 Å². The second-order valence-corrected chi connectivity index (χ2v) is 15.8. The predicted molar refractivity (Wildman–Crippen MR) is 258 cm³/mol. The first-order chi connectivity index (χ1) is 29.7. The quantitative estimate of drug-likeness (QED) is 0.0246. The van der Waals surface area contributed by atoms with Crippen LogP contribution < -0.4 is 37.3 Å². The number of aromatic nitrogens is 3. The Balaban J connectivity index is 0.00000436. The molecule has 336 valence electrons. The molecule has 13 nitrogen and oxygen atoms in total. The molecular weight excluding hydrogens is 837 g/mol. The molecule has 6 rings (SSSR count). The number of hydrogen-bond donors (Lipinski definition) is 5. The molecule has 0 aliphatic rings. The van der Waals surface area contributed by atoms with Crippen molar-refractivity contribution >= 4 is 64.1 Å². The molecule has 2 atom stereocenters. The molecule has 0 spiro atoms. The number of ether oxygens (including phenoxy) is 2. The van der Waals surface area contributed by atoms with Gasteiger partial charge in [-0.3, -0.25) is 19.3 Å². The summed E-state index contributed by atoms with van der Waals surface area (Å²) < 4.78 is 14.9. The Bertz CT molecular complexity index is 2390. The zero-order valence-corrected chi connectivity index (χ0v) is 37.7. The average Bonchev–Trinajstić information content (AvgIpc) is 3.70. The van der Waals surface area contributed by atoms with Gasteiger partial charge in [-0.15, -0.1) is 29.9 Å². The van der Waals surface area contributed by atoms with E-state index < -0.39 is 6.04 Å². The lowest BCUT2D eigenvalue weighted by Gasteiger charge is -2.23. The number of carbonyl (C=O) groups is 2. The lowest BCUT2D eigenvalue weighted by molar-refractivity contribution is -0.129. The lowest BCUT2D eigenvalue weighted by atomic mass is 9.92. The van der Waals surface area contributed by atoms with E-state index in [9.17, 15) is 9.59 Å². The van der Waals surface area contributed by atoms with Gasteiger partial charge in [-0.1, -0.05) is 116 Å². The normalized spacial score (nSPS) is 11.9. The van der Waals surface area contributed by atoms with E-state index >= 15 is 0 Å². The molecule has 0 aliphatic heterocycles. The van der Waals surface area contributed by atoms with Crippen molar-refractivity contribution in [2.24, 2.45) is 28.1 Å². The molecule has 0 unspecified atom stereocenters. The van der Waals surface area contributed by atoms with Gasteiger partial charge in [-0.2, -0.15) is 0 Å². The lowest BCUT2D eigenvalue weighted by Crippen LogP contribution is -2.51. The zero-order valence-electron chi connectivity index (χ0n) is 36.1. The van der Waals surface area contributed by atoms with E-state index in [0.717, 1.165) is 63.2 Å². The number of fused-ring (bicyclic) bond motifs is 2. The van der Waals surface area contributed by atoms with Crippen LogP contribution in [0.3, 0.4) is 0 Å². The maximum absolute atomic E-state index is 13.9. The highest BCUT2D eigenvalue weighted by atomic mass is 35.5. The van der Waals surface area contributed by atoms with Crippen molar-refractivity contribution in [2.75, 3.05) is 19.7 Å². The number of rotatable bonds is 23. The van der Waals surface area contributed by atoms with Gasteiger partial charge in [0.1, 0.15) is 29.8 Å². The number of aliphatic imine (C=N–C) groups is 1.